The normalized spacial score (nSPS) is 22.7. The van der Waals surface area contributed by atoms with Crippen LogP contribution >= 0.6 is 11.8 Å². The van der Waals surface area contributed by atoms with Crippen LogP contribution in [-0.4, -0.2) is 53.1 Å². The Morgan fingerprint density at radius 2 is 2.06 bits per heavy atom. The van der Waals surface area contributed by atoms with Crippen molar-refractivity contribution in [1.82, 2.24) is 10.2 Å². The molecule has 2 aliphatic rings. The molecule has 17 heavy (non-hydrogen) atoms. The average molecular weight is 258 g/mol. The molecule has 2 amide bonds. The van der Waals surface area contributed by atoms with Crippen LogP contribution in [-0.2, 0) is 4.79 Å². The Balaban J connectivity index is 1.78. The molecule has 6 heteroatoms. The summed E-state index contributed by atoms with van der Waals surface area (Å²) in [5.41, 5.74) is -0.670. The molecule has 1 aliphatic carbocycles. The van der Waals surface area contributed by atoms with Crippen molar-refractivity contribution in [3.8, 4) is 0 Å². The van der Waals surface area contributed by atoms with E-state index in [1.807, 2.05) is 11.8 Å². The second-order valence-corrected chi connectivity index (χ2v) is 5.92. The first kappa shape index (κ1) is 12.5. The molecule has 0 spiro atoms. The van der Waals surface area contributed by atoms with E-state index >= 15 is 0 Å². The second-order valence-electron chi connectivity index (χ2n) is 4.70. The average Bonchev–Trinajstić information content (AvgIpc) is 3.11. The van der Waals surface area contributed by atoms with Crippen LogP contribution in [0.15, 0.2) is 0 Å². The Morgan fingerprint density at radius 1 is 1.29 bits per heavy atom. The summed E-state index contributed by atoms with van der Waals surface area (Å²) < 4.78 is 0. The van der Waals surface area contributed by atoms with Gasteiger partial charge in [-0.1, -0.05) is 0 Å². The van der Waals surface area contributed by atoms with Gasteiger partial charge in [0.25, 0.3) is 0 Å². The van der Waals surface area contributed by atoms with Crippen LogP contribution in [0.4, 0.5) is 4.79 Å². The Bertz CT molecular complexity index is 310. The van der Waals surface area contributed by atoms with Crippen LogP contribution in [0, 0.1) is 5.41 Å². The molecule has 0 radical (unpaired) electrons. The van der Waals surface area contributed by atoms with E-state index in [4.69, 9.17) is 5.11 Å². The van der Waals surface area contributed by atoms with Gasteiger partial charge in [-0.15, -0.1) is 0 Å². The number of urea groups is 1. The minimum Gasteiger partial charge on any atom is -0.481 e. The number of thioether (sulfide) groups is 1. The van der Waals surface area contributed by atoms with Gasteiger partial charge in [0.15, 0.2) is 0 Å². The Kier molecular flexibility index (Phi) is 3.81. The minimum atomic E-state index is -0.788. The fourth-order valence-corrected chi connectivity index (χ4v) is 2.81. The van der Waals surface area contributed by atoms with Gasteiger partial charge in [0.2, 0.25) is 0 Å². The Morgan fingerprint density at radius 3 is 2.71 bits per heavy atom. The van der Waals surface area contributed by atoms with Crippen LogP contribution in [0.2, 0.25) is 0 Å². The first-order chi connectivity index (χ1) is 8.14. The number of amides is 2. The number of carbonyl (C=O) groups is 2. The molecule has 0 bridgehead atoms. The highest BCUT2D eigenvalue weighted by Crippen LogP contribution is 2.45. The lowest BCUT2D eigenvalue weighted by molar-refractivity contribution is -0.143. The van der Waals surface area contributed by atoms with E-state index in [-0.39, 0.29) is 12.6 Å². The molecule has 0 unspecified atom stereocenters. The summed E-state index contributed by atoms with van der Waals surface area (Å²) in [6, 6.07) is -0.111. The van der Waals surface area contributed by atoms with Crippen molar-refractivity contribution in [3.63, 3.8) is 0 Å². The van der Waals surface area contributed by atoms with Gasteiger partial charge in [-0.25, -0.2) is 4.79 Å². The molecule has 0 aromatic carbocycles. The standard InChI is InChI=1S/C11H18N2O3S/c14-9(15)11(2-3-11)8-12-10(16)13-4-1-6-17-7-5-13/h1-8H2,(H,12,16)(H,14,15). The first-order valence-corrected chi connectivity index (χ1v) is 7.13. The van der Waals surface area contributed by atoms with E-state index in [1.165, 1.54) is 0 Å². The third-order valence-electron chi connectivity index (χ3n) is 3.39. The van der Waals surface area contributed by atoms with E-state index in [0.717, 1.165) is 31.0 Å². The molecule has 0 aromatic rings. The zero-order chi connectivity index (χ0) is 12.3. The quantitative estimate of drug-likeness (QED) is 0.792. The van der Waals surface area contributed by atoms with Crippen molar-refractivity contribution < 1.29 is 14.7 Å². The molecule has 1 saturated heterocycles. The summed E-state index contributed by atoms with van der Waals surface area (Å²) in [6.07, 6.45) is 2.37. The van der Waals surface area contributed by atoms with Gasteiger partial charge in [-0.05, 0) is 25.0 Å². The van der Waals surface area contributed by atoms with Crippen molar-refractivity contribution in [2.24, 2.45) is 5.41 Å². The lowest BCUT2D eigenvalue weighted by atomic mass is 10.1. The second kappa shape index (κ2) is 5.16. The van der Waals surface area contributed by atoms with Crippen LogP contribution in [0.5, 0.6) is 0 Å². The van der Waals surface area contributed by atoms with Gasteiger partial charge >= 0.3 is 12.0 Å². The van der Waals surface area contributed by atoms with Crippen molar-refractivity contribution >= 4 is 23.8 Å². The van der Waals surface area contributed by atoms with Crippen molar-refractivity contribution in [2.75, 3.05) is 31.1 Å². The monoisotopic (exact) mass is 258 g/mol. The maximum atomic E-state index is 11.9. The summed E-state index contributed by atoms with van der Waals surface area (Å²) in [7, 11) is 0. The Hall–Kier alpha value is -0.910. The molecule has 5 nitrogen and oxygen atoms in total. The molecule has 2 rings (SSSR count). The number of carboxylic acids is 1. The van der Waals surface area contributed by atoms with Crippen molar-refractivity contribution in [1.29, 1.82) is 0 Å². The molecular weight excluding hydrogens is 240 g/mol. The van der Waals surface area contributed by atoms with E-state index in [1.54, 1.807) is 4.90 Å². The maximum absolute atomic E-state index is 11.9. The lowest BCUT2D eigenvalue weighted by Crippen LogP contribution is -2.44. The van der Waals surface area contributed by atoms with Gasteiger partial charge in [-0.3, -0.25) is 4.79 Å². The summed E-state index contributed by atoms with van der Waals surface area (Å²) in [5, 5.41) is 11.8. The fraction of sp³-hybridized carbons (Fsp3) is 0.818. The molecular formula is C11H18N2O3S. The van der Waals surface area contributed by atoms with Crippen molar-refractivity contribution in [3.05, 3.63) is 0 Å². The largest absolute Gasteiger partial charge is 0.481 e. The molecule has 0 aromatic heterocycles. The number of carboxylic acid groups (broad SMARTS) is 1. The molecule has 1 saturated carbocycles. The predicted octanol–water partition coefficient (Wildman–Crippen LogP) is 1.000. The van der Waals surface area contributed by atoms with Crippen LogP contribution in [0.1, 0.15) is 19.3 Å². The number of rotatable bonds is 3. The van der Waals surface area contributed by atoms with Gasteiger partial charge in [-0.2, -0.15) is 11.8 Å². The molecule has 1 aliphatic heterocycles. The van der Waals surface area contributed by atoms with E-state index in [0.29, 0.717) is 12.8 Å². The molecule has 96 valence electrons. The number of hydrogen-bond donors (Lipinski definition) is 2. The first-order valence-electron chi connectivity index (χ1n) is 5.98. The third-order valence-corrected chi connectivity index (χ3v) is 4.44. The van der Waals surface area contributed by atoms with Crippen LogP contribution < -0.4 is 5.32 Å². The fourth-order valence-electron chi connectivity index (χ4n) is 1.92. The van der Waals surface area contributed by atoms with Gasteiger partial charge in [0, 0.05) is 25.4 Å². The van der Waals surface area contributed by atoms with Crippen molar-refractivity contribution in [2.45, 2.75) is 19.3 Å². The number of nitrogens with one attached hydrogen (secondary N) is 1. The smallest absolute Gasteiger partial charge is 0.317 e. The molecule has 2 fully saturated rings. The Labute approximate surface area is 105 Å². The number of carbonyl (C=O) groups excluding carboxylic acids is 1. The van der Waals surface area contributed by atoms with Crippen LogP contribution in [0.25, 0.3) is 0 Å². The zero-order valence-electron chi connectivity index (χ0n) is 9.78. The highest BCUT2D eigenvalue weighted by Gasteiger charge is 2.50. The van der Waals surface area contributed by atoms with Crippen LogP contribution in [0.3, 0.4) is 0 Å². The number of aliphatic carboxylic acids is 1. The number of hydrogen-bond acceptors (Lipinski definition) is 3. The molecule has 2 N–H and O–H groups in total. The molecule has 0 atom stereocenters. The van der Waals surface area contributed by atoms with E-state index in [2.05, 4.69) is 5.32 Å². The summed E-state index contributed by atoms with van der Waals surface area (Å²) >= 11 is 1.86. The third kappa shape index (κ3) is 3.06. The highest BCUT2D eigenvalue weighted by atomic mass is 32.2. The SMILES string of the molecule is O=C(NCC1(C(=O)O)CC1)N1CCCSCC1. The maximum Gasteiger partial charge on any atom is 0.317 e. The summed E-state index contributed by atoms with van der Waals surface area (Å²) in [4.78, 5) is 24.6. The number of nitrogens with zero attached hydrogens (tertiary/aromatic N) is 1. The van der Waals surface area contributed by atoms with E-state index in [9.17, 15) is 9.59 Å². The van der Waals surface area contributed by atoms with Gasteiger partial charge in [0.1, 0.15) is 0 Å². The minimum absolute atomic E-state index is 0.111. The van der Waals surface area contributed by atoms with Gasteiger partial charge in [0.05, 0.1) is 5.41 Å². The predicted molar refractivity (Wildman–Crippen MR) is 66.2 cm³/mol. The zero-order valence-corrected chi connectivity index (χ0v) is 10.6. The van der Waals surface area contributed by atoms with E-state index < -0.39 is 11.4 Å². The summed E-state index contributed by atoms with van der Waals surface area (Å²) in [5.74, 6) is 1.28. The highest BCUT2D eigenvalue weighted by molar-refractivity contribution is 7.99. The summed E-state index contributed by atoms with van der Waals surface area (Å²) in [6.45, 7) is 1.81. The molecule has 1 heterocycles. The lowest BCUT2D eigenvalue weighted by Gasteiger charge is -2.21. The topological polar surface area (TPSA) is 69.6 Å². The van der Waals surface area contributed by atoms with Gasteiger partial charge < -0.3 is 15.3 Å².